The SMILES string of the molecule is O=S(=O)(O)C1(C=Cc2ccc(-c3ccc(C=CC4(S(=O)(=O)O)C=CC=CC4)cc3)cc2)C=CC=CC1. The zero-order valence-electron chi connectivity index (χ0n) is 19.3. The van der Waals surface area contributed by atoms with Crippen molar-refractivity contribution in [2.75, 3.05) is 0 Å². The topological polar surface area (TPSA) is 109 Å². The smallest absolute Gasteiger partial charge is 0.278 e. The highest BCUT2D eigenvalue weighted by Gasteiger charge is 2.38. The van der Waals surface area contributed by atoms with E-state index >= 15 is 0 Å². The van der Waals surface area contributed by atoms with E-state index in [9.17, 15) is 25.9 Å². The Morgan fingerprint density at radius 2 is 0.944 bits per heavy atom. The first-order valence-electron chi connectivity index (χ1n) is 11.3. The maximum absolute atomic E-state index is 12.0. The van der Waals surface area contributed by atoms with E-state index in [-0.39, 0.29) is 12.8 Å². The molecule has 0 fully saturated rings. The molecule has 8 heteroatoms. The fourth-order valence-electron chi connectivity index (χ4n) is 4.08. The highest BCUT2D eigenvalue weighted by Crippen LogP contribution is 2.31. The Morgan fingerprint density at radius 1 is 0.583 bits per heavy atom. The van der Waals surface area contributed by atoms with Gasteiger partial charge in [-0.15, -0.1) is 0 Å². The van der Waals surface area contributed by atoms with Gasteiger partial charge in [0.1, 0.15) is 9.49 Å². The minimum Gasteiger partial charge on any atom is -0.285 e. The van der Waals surface area contributed by atoms with Crippen LogP contribution in [0.1, 0.15) is 24.0 Å². The molecule has 0 bridgehead atoms. The molecule has 2 aromatic carbocycles. The van der Waals surface area contributed by atoms with Crippen molar-refractivity contribution in [1.82, 2.24) is 0 Å². The monoisotopic (exact) mass is 522 g/mol. The van der Waals surface area contributed by atoms with Gasteiger partial charge < -0.3 is 0 Å². The molecule has 2 aromatic rings. The van der Waals surface area contributed by atoms with Crippen LogP contribution in [0.5, 0.6) is 0 Å². The zero-order chi connectivity index (χ0) is 25.9. The molecule has 2 unspecified atom stereocenters. The van der Waals surface area contributed by atoms with Crippen molar-refractivity contribution in [2.45, 2.75) is 22.3 Å². The summed E-state index contributed by atoms with van der Waals surface area (Å²) in [6, 6.07) is 15.1. The van der Waals surface area contributed by atoms with Crippen molar-refractivity contribution in [2.24, 2.45) is 0 Å². The number of hydrogen-bond acceptors (Lipinski definition) is 4. The maximum atomic E-state index is 12.0. The molecule has 4 rings (SSSR count). The fraction of sp³-hybridized carbons (Fsp3) is 0.143. The lowest BCUT2D eigenvalue weighted by molar-refractivity contribution is 0.459. The van der Waals surface area contributed by atoms with Crippen molar-refractivity contribution in [3.8, 4) is 11.1 Å². The van der Waals surface area contributed by atoms with Gasteiger partial charge in [-0.2, -0.15) is 16.8 Å². The molecule has 0 aliphatic heterocycles. The van der Waals surface area contributed by atoms with E-state index in [1.54, 1.807) is 48.6 Å². The van der Waals surface area contributed by atoms with Crippen molar-refractivity contribution >= 4 is 32.4 Å². The largest absolute Gasteiger partial charge is 0.285 e. The first-order valence-corrected chi connectivity index (χ1v) is 14.1. The second-order valence-electron chi connectivity index (χ2n) is 8.75. The summed E-state index contributed by atoms with van der Waals surface area (Å²) in [6.45, 7) is 0. The van der Waals surface area contributed by atoms with Crippen LogP contribution in [0.2, 0.25) is 0 Å². The van der Waals surface area contributed by atoms with Gasteiger partial charge in [0.15, 0.2) is 0 Å². The number of hydrogen-bond donors (Lipinski definition) is 2. The van der Waals surface area contributed by atoms with Crippen LogP contribution in [-0.4, -0.2) is 35.4 Å². The van der Waals surface area contributed by atoms with Gasteiger partial charge in [0.05, 0.1) is 0 Å². The van der Waals surface area contributed by atoms with E-state index in [4.69, 9.17) is 0 Å². The summed E-state index contributed by atoms with van der Waals surface area (Å²) in [7, 11) is -8.64. The lowest BCUT2D eigenvalue weighted by Crippen LogP contribution is -2.34. The standard InChI is InChI=1S/C28H26O6S2/c29-35(30,31)27(17-3-1-4-18-27)21-15-23-7-11-25(12-8-23)26-13-9-24(10-14-26)16-22-28(36(32,33)34)19-5-2-6-20-28/h1-17,19,21-22H,18,20H2,(H,29,30,31)(H,32,33,34). The summed E-state index contributed by atoms with van der Waals surface area (Å²) >= 11 is 0. The van der Waals surface area contributed by atoms with Gasteiger partial charge in [0, 0.05) is 0 Å². The minimum atomic E-state index is -4.32. The summed E-state index contributed by atoms with van der Waals surface area (Å²) in [6.07, 6.45) is 19.7. The molecule has 2 aliphatic carbocycles. The Morgan fingerprint density at radius 3 is 1.22 bits per heavy atom. The predicted molar refractivity (Wildman–Crippen MR) is 144 cm³/mol. The van der Waals surface area contributed by atoms with Crippen molar-refractivity contribution in [1.29, 1.82) is 0 Å². The van der Waals surface area contributed by atoms with Crippen LogP contribution in [0, 0.1) is 0 Å². The van der Waals surface area contributed by atoms with Gasteiger partial charge in [-0.1, -0.05) is 121 Å². The van der Waals surface area contributed by atoms with E-state index in [1.807, 2.05) is 48.5 Å². The summed E-state index contributed by atoms with van der Waals surface area (Å²) in [5.41, 5.74) is 3.47. The zero-order valence-corrected chi connectivity index (χ0v) is 20.9. The molecule has 0 heterocycles. The molecule has 36 heavy (non-hydrogen) atoms. The van der Waals surface area contributed by atoms with E-state index < -0.39 is 29.7 Å². The van der Waals surface area contributed by atoms with Crippen LogP contribution in [-0.2, 0) is 20.2 Å². The summed E-state index contributed by atoms with van der Waals surface area (Å²) < 4.78 is 64.4. The molecule has 2 atom stereocenters. The van der Waals surface area contributed by atoms with Crippen molar-refractivity contribution < 1.29 is 25.9 Å². The third-order valence-corrected chi connectivity index (χ3v) is 9.15. The molecule has 186 valence electrons. The molecule has 0 radical (unpaired) electrons. The Kier molecular flexibility index (Phi) is 7.15. The van der Waals surface area contributed by atoms with E-state index in [0.717, 1.165) is 22.3 Å². The Bertz CT molecular complexity index is 1390. The Balaban J connectivity index is 1.50. The summed E-state index contributed by atoms with van der Waals surface area (Å²) in [5, 5.41) is 0. The Labute approximate surface area is 211 Å². The van der Waals surface area contributed by atoms with Crippen LogP contribution in [0.3, 0.4) is 0 Å². The molecule has 0 saturated heterocycles. The number of rotatable bonds is 7. The van der Waals surface area contributed by atoms with Crippen LogP contribution >= 0.6 is 0 Å². The quantitative estimate of drug-likeness (QED) is 0.454. The first kappa shape index (κ1) is 25.8. The van der Waals surface area contributed by atoms with Gasteiger partial charge in [0.2, 0.25) is 0 Å². The molecular weight excluding hydrogens is 496 g/mol. The third kappa shape index (κ3) is 5.42. The highest BCUT2D eigenvalue weighted by atomic mass is 32.2. The predicted octanol–water partition coefficient (Wildman–Crippen LogP) is 5.67. The van der Waals surface area contributed by atoms with E-state index in [0.29, 0.717) is 0 Å². The number of allylic oxidation sites excluding steroid dienone is 6. The average molecular weight is 523 g/mol. The molecule has 0 amide bonds. The van der Waals surface area contributed by atoms with Crippen molar-refractivity contribution in [3.05, 3.63) is 120 Å². The van der Waals surface area contributed by atoms with Crippen LogP contribution in [0.15, 0.2) is 109 Å². The molecule has 2 aliphatic rings. The normalized spacial score (nSPS) is 24.2. The average Bonchev–Trinajstić information content (AvgIpc) is 2.87. The molecule has 0 aromatic heterocycles. The third-order valence-electron chi connectivity index (χ3n) is 6.36. The lowest BCUT2D eigenvalue weighted by Gasteiger charge is -2.24. The minimum absolute atomic E-state index is 0.163. The summed E-state index contributed by atoms with van der Waals surface area (Å²) in [5.74, 6) is 0. The molecular formula is C28H26O6S2. The first-order chi connectivity index (χ1) is 17.0. The molecule has 2 N–H and O–H groups in total. The maximum Gasteiger partial charge on any atom is 0.278 e. The molecule has 6 nitrogen and oxygen atoms in total. The van der Waals surface area contributed by atoms with Gasteiger partial charge in [-0.3, -0.25) is 9.11 Å². The van der Waals surface area contributed by atoms with Gasteiger partial charge in [-0.05, 0) is 35.1 Å². The Hall–Kier alpha value is -3.30. The molecule has 0 saturated carbocycles. The van der Waals surface area contributed by atoms with Crippen LogP contribution < -0.4 is 0 Å². The van der Waals surface area contributed by atoms with Gasteiger partial charge in [-0.25, -0.2) is 0 Å². The van der Waals surface area contributed by atoms with Gasteiger partial charge >= 0.3 is 0 Å². The summed E-state index contributed by atoms with van der Waals surface area (Å²) in [4.78, 5) is 0. The van der Waals surface area contributed by atoms with E-state index in [1.165, 1.54) is 24.3 Å². The highest BCUT2D eigenvalue weighted by molar-refractivity contribution is 7.88. The van der Waals surface area contributed by atoms with Crippen LogP contribution in [0.25, 0.3) is 23.3 Å². The van der Waals surface area contributed by atoms with Crippen LogP contribution in [0.4, 0.5) is 0 Å². The van der Waals surface area contributed by atoms with E-state index in [2.05, 4.69) is 0 Å². The fourth-order valence-corrected chi connectivity index (χ4v) is 5.68. The second-order valence-corrected chi connectivity index (χ2v) is 12.2. The van der Waals surface area contributed by atoms with Crippen molar-refractivity contribution in [3.63, 3.8) is 0 Å². The van der Waals surface area contributed by atoms with Gasteiger partial charge in [0.25, 0.3) is 20.2 Å². The lowest BCUT2D eigenvalue weighted by atomic mass is 9.97. The molecule has 0 spiro atoms. The number of benzene rings is 2. The second kappa shape index (κ2) is 9.99.